The standard InChI is InChI=1S/C20H19BrN4O3/c21-14-5-7-15(8-6-14)24-19(27)9-11-22-18(26)10-12-25-13-23-17-4-2-1-3-16(17)20(25)28/h1-8,13H,9-12H2,(H,22,26)(H,24,27). The first-order valence-electron chi connectivity index (χ1n) is 8.79. The van der Waals surface area contributed by atoms with E-state index in [1.54, 1.807) is 30.3 Å². The van der Waals surface area contributed by atoms with Crippen LogP contribution in [0.15, 0.2) is 64.1 Å². The van der Waals surface area contributed by atoms with Crippen molar-refractivity contribution in [2.45, 2.75) is 19.4 Å². The first-order valence-corrected chi connectivity index (χ1v) is 9.58. The number of para-hydroxylation sites is 1. The molecule has 28 heavy (non-hydrogen) atoms. The third-order valence-electron chi connectivity index (χ3n) is 4.11. The monoisotopic (exact) mass is 442 g/mol. The Morgan fingerprint density at radius 1 is 1.00 bits per heavy atom. The van der Waals surface area contributed by atoms with Gasteiger partial charge in [0, 0.05) is 36.1 Å². The fourth-order valence-corrected chi connectivity index (χ4v) is 2.91. The Morgan fingerprint density at radius 3 is 2.54 bits per heavy atom. The van der Waals surface area contributed by atoms with Gasteiger partial charge in [0.05, 0.1) is 17.2 Å². The number of hydrogen-bond donors (Lipinski definition) is 2. The fraction of sp³-hybridized carbons (Fsp3) is 0.200. The molecule has 1 heterocycles. The topological polar surface area (TPSA) is 93.1 Å². The molecular weight excluding hydrogens is 424 g/mol. The zero-order valence-corrected chi connectivity index (χ0v) is 16.6. The van der Waals surface area contributed by atoms with Crippen LogP contribution in [0.1, 0.15) is 12.8 Å². The van der Waals surface area contributed by atoms with Crippen LogP contribution in [0, 0.1) is 0 Å². The van der Waals surface area contributed by atoms with Crippen LogP contribution in [-0.4, -0.2) is 27.9 Å². The summed E-state index contributed by atoms with van der Waals surface area (Å²) in [4.78, 5) is 40.5. The number of carbonyl (C=O) groups excluding carboxylic acids is 2. The van der Waals surface area contributed by atoms with Crippen LogP contribution in [0.2, 0.25) is 0 Å². The van der Waals surface area contributed by atoms with Crippen LogP contribution in [-0.2, 0) is 16.1 Å². The van der Waals surface area contributed by atoms with Gasteiger partial charge in [0.2, 0.25) is 11.8 Å². The zero-order valence-electron chi connectivity index (χ0n) is 15.0. The summed E-state index contributed by atoms with van der Waals surface area (Å²) in [5, 5.41) is 5.98. The minimum Gasteiger partial charge on any atom is -0.356 e. The minimum atomic E-state index is -0.225. The summed E-state index contributed by atoms with van der Waals surface area (Å²) in [6.07, 6.45) is 1.75. The van der Waals surface area contributed by atoms with Crippen molar-refractivity contribution >= 4 is 44.3 Å². The van der Waals surface area contributed by atoms with Crippen LogP contribution in [0.25, 0.3) is 10.9 Å². The van der Waals surface area contributed by atoms with Crippen LogP contribution < -0.4 is 16.2 Å². The summed E-state index contributed by atoms with van der Waals surface area (Å²) in [5.74, 6) is -0.408. The van der Waals surface area contributed by atoms with E-state index in [-0.39, 0.29) is 43.3 Å². The van der Waals surface area contributed by atoms with Gasteiger partial charge in [-0.3, -0.25) is 19.0 Å². The molecule has 2 aromatic carbocycles. The van der Waals surface area contributed by atoms with Gasteiger partial charge >= 0.3 is 0 Å². The van der Waals surface area contributed by atoms with Crippen LogP contribution in [0.4, 0.5) is 5.69 Å². The van der Waals surface area contributed by atoms with Gasteiger partial charge < -0.3 is 10.6 Å². The molecule has 0 atom stereocenters. The highest BCUT2D eigenvalue weighted by molar-refractivity contribution is 9.10. The quantitative estimate of drug-likeness (QED) is 0.588. The maximum absolute atomic E-state index is 12.4. The van der Waals surface area contributed by atoms with E-state index in [9.17, 15) is 14.4 Å². The lowest BCUT2D eigenvalue weighted by molar-refractivity contribution is -0.121. The van der Waals surface area contributed by atoms with Gasteiger partial charge in [-0.2, -0.15) is 0 Å². The second-order valence-corrected chi connectivity index (χ2v) is 7.08. The van der Waals surface area contributed by atoms with Crippen molar-refractivity contribution in [2.75, 3.05) is 11.9 Å². The lowest BCUT2D eigenvalue weighted by Gasteiger charge is -2.08. The molecule has 144 valence electrons. The lowest BCUT2D eigenvalue weighted by Crippen LogP contribution is -2.30. The number of nitrogens with one attached hydrogen (secondary N) is 2. The molecule has 3 aromatic rings. The van der Waals surface area contributed by atoms with Gasteiger partial charge in [0.15, 0.2) is 0 Å². The van der Waals surface area contributed by atoms with Gasteiger partial charge in [-0.15, -0.1) is 0 Å². The van der Waals surface area contributed by atoms with Crippen molar-refractivity contribution in [1.82, 2.24) is 14.9 Å². The average molecular weight is 443 g/mol. The number of anilines is 1. The van der Waals surface area contributed by atoms with E-state index in [0.717, 1.165) is 4.47 Å². The third kappa shape index (κ3) is 5.26. The van der Waals surface area contributed by atoms with Gasteiger partial charge in [0.25, 0.3) is 5.56 Å². The number of carbonyl (C=O) groups is 2. The molecule has 3 rings (SSSR count). The molecule has 0 fully saturated rings. The van der Waals surface area contributed by atoms with E-state index in [4.69, 9.17) is 0 Å². The summed E-state index contributed by atoms with van der Waals surface area (Å²) in [7, 11) is 0. The molecule has 0 spiro atoms. The molecule has 0 radical (unpaired) electrons. The summed E-state index contributed by atoms with van der Waals surface area (Å²) < 4.78 is 2.35. The molecular formula is C20H19BrN4O3. The summed E-state index contributed by atoms with van der Waals surface area (Å²) >= 11 is 3.33. The van der Waals surface area contributed by atoms with Crippen LogP contribution >= 0.6 is 15.9 Å². The highest BCUT2D eigenvalue weighted by Crippen LogP contribution is 2.14. The van der Waals surface area contributed by atoms with Crippen molar-refractivity contribution < 1.29 is 9.59 Å². The Morgan fingerprint density at radius 2 is 1.75 bits per heavy atom. The van der Waals surface area contributed by atoms with Crippen molar-refractivity contribution in [2.24, 2.45) is 0 Å². The number of aromatic nitrogens is 2. The number of nitrogens with zero attached hydrogens (tertiary/aromatic N) is 2. The number of rotatable bonds is 7. The smallest absolute Gasteiger partial charge is 0.261 e. The molecule has 0 saturated carbocycles. The molecule has 0 unspecified atom stereocenters. The van der Waals surface area contributed by atoms with E-state index in [1.165, 1.54) is 10.9 Å². The molecule has 1 aromatic heterocycles. The lowest BCUT2D eigenvalue weighted by atomic mass is 10.2. The van der Waals surface area contributed by atoms with E-state index >= 15 is 0 Å². The van der Waals surface area contributed by atoms with Crippen molar-refractivity contribution in [3.63, 3.8) is 0 Å². The number of amides is 2. The number of hydrogen-bond acceptors (Lipinski definition) is 4. The molecule has 2 amide bonds. The number of fused-ring (bicyclic) bond motifs is 1. The van der Waals surface area contributed by atoms with E-state index in [0.29, 0.717) is 16.6 Å². The Labute approximate surface area is 169 Å². The van der Waals surface area contributed by atoms with Crippen molar-refractivity contribution in [3.8, 4) is 0 Å². The predicted molar refractivity (Wildman–Crippen MR) is 111 cm³/mol. The second kappa shape index (κ2) is 9.27. The summed E-state index contributed by atoms with van der Waals surface area (Å²) in [5.41, 5.74) is 1.15. The maximum atomic E-state index is 12.4. The molecule has 0 aliphatic rings. The molecule has 2 N–H and O–H groups in total. The Balaban J connectivity index is 1.43. The van der Waals surface area contributed by atoms with E-state index in [1.807, 2.05) is 18.2 Å². The van der Waals surface area contributed by atoms with Gasteiger partial charge in [0.1, 0.15) is 0 Å². The first-order chi connectivity index (χ1) is 13.5. The van der Waals surface area contributed by atoms with Gasteiger partial charge in [-0.05, 0) is 36.4 Å². The van der Waals surface area contributed by atoms with E-state index < -0.39 is 0 Å². The average Bonchev–Trinajstić information content (AvgIpc) is 2.69. The first kappa shape index (κ1) is 19.8. The molecule has 0 aliphatic carbocycles. The van der Waals surface area contributed by atoms with Crippen molar-refractivity contribution in [3.05, 3.63) is 69.7 Å². The van der Waals surface area contributed by atoms with Crippen molar-refractivity contribution in [1.29, 1.82) is 0 Å². The molecule has 8 heteroatoms. The largest absolute Gasteiger partial charge is 0.356 e. The minimum absolute atomic E-state index is 0.133. The summed E-state index contributed by atoms with van der Waals surface area (Å²) in [6, 6.07) is 14.3. The third-order valence-corrected chi connectivity index (χ3v) is 4.64. The van der Waals surface area contributed by atoms with Crippen LogP contribution in [0.5, 0.6) is 0 Å². The highest BCUT2D eigenvalue weighted by Gasteiger charge is 2.07. The van der Waals surface area contributed by atoms with E-state index in [2.05, 4.69) is 31.5 Å². The number of benzene rings is 2. The highest BCUT2D eigenvalue weighted by atomic mass is 79.9. The molecule has 7 nitrogen and oxygen atoms in total. The van der Waals surface area contributed by atoms with Crippen LogP contribution in [0.3, 0.4) is 0 Å². The van der Waals surface area contributed by atoms with Gasteiger partial charge in [-0.1, -0.05) is 28.1 Å². The van der Waals surface area contributed by atoms with Gasteiger partial charge in [-0.25, -0.2) is 4.98 Å². The maximum Gasteiger partial charge on any atom is 0.261 e. The fourth-order valence-electron chi connectivity index (χ4n) is 2.65. The predicted octanol–water partition coefficient (Wildman–Crippen LogP) is 2.69. The summed E-state index contributed by atoms with van der Waals surface area (Å²) in [6.45, 7) is 0.458. The Bertz CT molecular complexity index is 1050. The normalized spacial score (nSPS) is 10.6. The zero-order chi connectivity index (χ0) is 19.9. The molecule has 0 saturated heterocycles. The number of halogens is 1. The molecule has 0 aliphatic heterocycles. The second-order valence-electron chi connectivity index (χ2n) is 6.17. The Kier molecular flexibility index (Phi) is 6.54. The Hall–Kier alpha value is -3.00. The SMILES string of the molecule is O=C(CCn1cnc2ccccc2c1=O)NCCC(=O)Nc1ccc(Br)cc1. The number of aryl methyl sites for hydroxylation is 1. The molecule has 0 bridgehead atoms.